The average Bonchev–Trinajstić information content (AvgIpc) is 3.71. The number of phosphoric ester groups is 2. The lowest BCUT2D eigenvalue weighted by Gasteiger charge is -2.21. The van der Waals surface area contributed by atoms with Crippen LogP contribution in [0, 0.1) is 0 Å². The first-order chi connectivity index (χ1) is 24.6. The van der Waals surface area contributed by atoms with Crippen molar-refractivity contribution in [2.45, 2.75) is 49.1 Å². The van der Waals surface area contributed by atoms with E-state index in [0.717, 1.165) is 4.57 Å². The predicted octanol–water partition coefficient (Wildman–Crippen LogP) is -4.42. The molecule has 292 valence electrons. The number of hydrogen-bond acceptors (Lipinski definition) is 19. The van der Waals surface area contributed by atoms with Crippen LogP contribution in [0.2, 0.25) is 0 Å². The number of rotatable bonds is 12. The van der Waals surface area contributed by atoms with E-state index in [2.05, 4.69) is 44.5 Å². The number of aromatic amines is 1. The van der Waals surface area contributed by atoms with E-state index in [9.17, 15) is 53.6 Å². The van der Waals surface area contributed by atoms with Gasteiger partial charge in [0.1, 0.15) is 36.6 Å². The third kappa shape index (κ3) is 7.74. The highest BCUT2D eigenvalue weighted by Crippen LogP contribution is 2.67. The molecule has 0 saturated carbocycles. The van der Waals surface area contributed by atoms with Crippen molar-refractivity contribution in [2.75, 3.05) is 18.9 Å². The minimum absolute atomic E-state index is 0.0190. The molecule has 27 nitrogen and oxygen atoms in total. The number of imidazole rings is 2. The highest BCUT2D eigenvalue weighted by molar-refractivity contribution is 7.66. The van der Waals surface area contributed by atoms with Gasteiger partial charge in [-0.25, -0.2) is 22.8 Å². The number of phosphoric acid groups is 3. The van der Waals surface area contributed by atoms with E-state index >= 15 is 0 Å². The molecule has 6 heterocycles. The van der Waals surface area contributed by atoms with Gasteiger partial charge in [-0.2, -0.15) is 8.62 Å². The number of aliphatic hydroxyl groups excluding tert-OH is 4. The minimum atomic E-state index is -5.98. The molecule has 5 unspecified atom stereocenters. The molecule has 0 amide bonds. The molecule has 0 aromatic carbocycles. The van der Waals surface area contributed by atoms with Crippen LogP contribution in [0.5, 0.6) is 0 Å². The Morgan fingerprint density at radius 1 is 0.868 bits per heavy atom. The topological polar surface area (TPSA) is 388 Å². The summed E-state index contributed by atoms with van der Waals surface area (Å²) >= 11 is 0. The molecule has 0 radical (unpaired) electrons. The lowest BCUT2D eigenvalue weighted by Crippen LogP contribution is -2.46. The Balaban J connectivity index is 1.05. The van der Waals surface area contributed by atoms with Gasteiger partial charge in [-0.15, -0.1) is 0 Å². The lowest BCUT2D eigenvalue weighted by molar-refractivity contribution is -0.754. The van der Waals surface area contributed by atoms with Crippen LogP contribution in [-0.4, -0.2) is 110 Å². The van der Waals surface area contributed by atoms with Crippen LogP contribution in [0.4, 0.5) is 11.8 Å². The van der Waals surface area contributed by atoms with Crippen molar-refractivity contribution in [1.82, 2.24) is 24.4 Å². The van der Waals surface area contributed by atoms with E-state index in [1.807, 2.05) is 0 Å². The summed E-state index contributed by atoms with van der Waals surface area (Å²) in [6, 6.07) is 0. The molecule has 13 N–H and O–H groups in total. The number of aryl methyl sites for hydroxylation is 2. The van der Waals surface area contributed by atoms with E-state index in [0.29, 0.717) is 11.4 Å². The highest BCUT2D eigenvalue weighted by atomic mass is 31.3. The van der Waals surface area contributed by atoms with Crippen LogP contribution in [0.1, 0.15) is 18.1 Å². The summed E-state index contributed by atoms with van der Waals surface area (Å²) in [4.78, 5) is 52.9. The van der Waals surface area contributed by atoms with E-state index in [-0.39, 0.29) is 28.9 Å². The van der Waals surface area contributed by atoms with Crippen molar-refractivity contribution in [1.29, 1.82) is 0 Å². The van der Waals surface area contributed by atoms with Crippen LogP contribution in [0.15, 0.2) is 29.0 Å². The maximum absolute atomic E-state index is 12.5. The van der Waals surface area contributed by atoms with Crippen LogP contribution >= 0.6 is 23.5 Å². The molecule has 6 rings (SSSR count). The van der Waals surface area contributed by atoms with E-state index in [1.54, 1.807) is 11.6 Å². The van der Waals surface area contributed by atoms with Gasteiger partial charge in [-0.1, -0.05) is 16.6 Å². The Morgan fingerprint density at radius 3 is 1.92 bits per heavy atom. The Labute approximate surface area is 295 Å². The molecule has 3 aliphatic heterocycles. The first kappa shape index (κ1) is 39.2. The lowest BCUT2D eigenvalue weighted by atomic mass is 10.1. The number of nitrogens with one attached hydrogen (secondary N) is 2. The normalized spacial score (nSPS) is 30.7. The fourth-order valence-corrected chi connectivity index (χ4v) is 9.41. The Kier molecular flexibility index (Phi) is 10.4. The highest BCUT2D eigenvalue weighted by Gasteiger charge is 2.51. The standard InChI is InChI=1S/C23H33N10O17P3/c1-8-11-17(27-22(24)26-8)32(6-30(11)2)20-15(36)13(34)9(47-20)4-45-51(39,40)49-53(43,44)50-52(41,42)46-5-10-14(35)16(37)21(48-10)33-7-31(3)12-18(33)28-23(25)29-19(12)38/h6-7,9-10,13-16,20-21,34-37H,1,4-5H2,2-3H3,(H7-2,24,25,26,27,28,29,38,39,40,41,42,43,44)/p+2/t9?,10-,13-,14-,15-,16-,20-,21?/m1/s1. The molecule has 2 fully saturated rings. The molecule has 30 heteroatoms. The molecular formula is C23H35N10O17P3+2. The number of fused-ring (bicyclic) bond motifs is 2. The maximum Gasteiger partial charge on any atom is 0.490 e. The first-order valence-corrected chi connectivity index (χ1v) is 19.5. The Hall–Kier alpha value is -3.46. The molecule has 0 aliphatic carbocycles. The first-order valence-electron chi connectivity index (χ1n) is 15.0. The summed E-state index contributed by atoms with van der Waals surface area (Å²) in [6.07, 6.45) is -10.1. The molecule has 0 bridgehead atoms. The molecule has 11 atom stereocenters. The number of nitrogens with zero attached hydrogens (tertiary/aromatic N) is 6. The summed E-state index contributed by atoms with van der Waals surface area (Å²) < 4.78 is 71.5. The second-order valence-electron chi connectivity index (χ2n) is 11.9. The van der Waals surface area contributed by atoms with Crippen LogP contribution in [-0.2, 0) is 54.9 Å². The van der Waals surface area contributed by atoms with Gasteiger partial charge in [-0.05, 0) is 0 Å². The summed E-state index contributed by atoms with van der Waals surface area (Å²) in [5, 5.41) is 45.1. The van der Waals surface area contributed by atoms with Gasteiger partial charge < -0.3 is 61.4 Å². The van der Waals surface area contributed by atoms with Crippen LogP contribution in [0.3, 0.4) is 0 Å². The molecule has 0 spiro atoms. The van der Waals surface area contributed by atoms with Crippen molar-refractivity contribution in [2.24, 2.45) is 24.8 Å². The maximum atomic E-state index is 12.5. The number of aliphatic imine (C=N–C) groups is 1. The zero-order chi connectivity index (χ0) is 38.9. The van der Waals surface area contributed by atoms with Gasteiger partial charge in [-0.3, -0.25) is 28.0 Å². The second kappa shape index (κ2) is 14.0. The quantitative estimate of drug-likeness (QED) is 0.0607. The average molecular weight is 817 g/mol. The summed E-state index contributed by atoms with van der Waals surface area (Å²) in [5.74, 6) is -0.114. The van der Waals surface area contributed by atoms with Crippen molar-refractivity contribution >= 4 is 58.1 Å². The number of nitrogen functional groups attached to an aromatic ring is 1. The van der Waals surface area contributed by atoms with Gasteiger partial charge >= 0.3 is 34.9 Å². The number of guanidine groups is 1. The third-order valence-corrected chi connectivity index (χ3v) is 12.4. The summed E-state index contributed by atoms with van der Waals surface area (Å²) in [6.45, 7) is 1.74. The fraction of sp³-hybridized carbons (Fsp3) is 0.522. The van der Waals surface area contributed by atoms with Crippen molar-refractivity contribution in [3.8, 4) is 0 Å². The zero-order valence-corrected chi connectivity index (χ0v) is 30.0. The van der Waals surface area contributed by atoms with E-state index < -0.39 is 91.3 Å². The third-order valence-electron chi connectivity index (χ3n) is 8.13. The Morgan fingerprint density at radius 2 is 1.38 bits per heavy atom. The van der Waals surface area contributed by atoms with Crippen molar-refractivity contribution in [3.05, 3.63) is 35.3 Å². The van der Waals surface area contributed by atoms with Gasteiger partial charge in [0.05, 0.1) is 33.0 Å². The van der Waals surface area contributed by atoms with Crippen molar-refractivity contribution in [3.63, 3.8) is 0 Å². The van der Waals surface area contributed by atoms with Gasteiger partial charge in [0.2, 0.25) is 18.0 Å². The minimum Gasteiger partial charge on any atom is -0.387 e. The van der Waals surface area contributed by atoms with Gasteiger partial charge in [0.15, 0.2) is 18.3 Å². The molecule has 3 aromatic heterocycles. The van der Waals surface area contributed by atoms with Crippen LogP contribution < -0.4 is 31.5 Å². The number of aliphatic hydroxyl groups is 4. The van der Waals surface area contributed by atoms with Gasteiger partial charge in [0.25, 0.3) is 17.5 Å². The largest absolute Gasteiger partial charge is 0.490 e. The SMILES string of the molecule is C=C1NC(N)=Nc2c1n(C)c[n+]2[C@@H]1OC(COP(=O)(O)OP(=O)(O)OP(=O)(O)OC[C@H]2OC([n+]3cn(C)c4c(=O)[nH]c(N)nc43)[C@H](O)[C@@H]2O)[C@@H](O)[C@H]1O. The predicted molar refractivity (Wildman–Crippen MR) is 170 cm³/mol. The summed E-state index contributed by atoms with van der Waals surface area (Å²) in [7, 11) is -14.2. The number of H-pyrrole nitrogens is 1. The number of aromatic nitrogens is 6. The monoisotopic (exact) mass is 816 g/mol. The Bertz CT molecular complexity index is 2190. The van der Waals surface area contributed by atoms with Gasteiger partial charge in [0, 0.05) is 0 Å². The zero-order valence-electron chi connectivity index (χ0n) is 27.3. The molecule has 53 heavy (non-hydrogen) atoms. The number of anilines is 1. The second-order valence-corrected chi connectivity index (χ2v) is 16.6. The molecule has 3 aromatic rings. The molecule has 3 aliphatic rings. The molecular weight excluding hydrogens is 781 g/mol. The number of hydrogen-bond donors (Lipinski definition) is 11. The summed E-state index contributed by atoms with van der Waals surface area (Å²) in [5.41, 5.74) is 11.5. The van der Waals surface area contributed by atoms with E-state index in [1.165, 1.54) is 28.8 Å². The van der Waals surface area contributed by atoms with Crippen LogP contribution in [0.25, 0.3) is 16.9 Å². The molecule has 2 saturated heterocycles. The number of ether oxygens (including phenoxy) is 2. The van der Waals surface area contributed by atoms with E-state index in [4.69, 9.17) is 20.9 Å². The fourth-order valence-electron chi connectivity index (χ4n) is 5.89. The smallest absolute Gasteiger partial charge is 0.387 e. The van der Waals surface area contributed by atoms with Crippen molar-refractivity contribution < 1.29 is 85.1 Å². The number of nitrogens with two attached hydrogens (primary N) is 2.